The molecule has 2 rings (SSSR count). The first-order valence-electron chi connectivity index (χ1n) is 23.4. The minimum atomic E-state index is -4.40. The average Bonchev–Trinajstić information content (AvgIpc) is 3.75. The lowest BCUT2D eigenvalue weighted by molar-refractivity contribution is -0.161. The van der Waals surface area contributed by atoms with Crippen molar-refractivity contribution in [1.82, 2.24) is 0 Å². The summed E-state index contributed by atoms with van der Waals surface area (Å²) in [5, 5.41) is 0. The van der Waals surface area contributed by atoms with E-state index < -0.39 is 32.5 Å². The molecule has 0 saturated carbocycles. The summed E-state index contributed by atoms with van der Waals surface area (Å²) in [5.74, 6) is 3.68. The molecule has 0 aliphatic carbocycles. The van der Waals surface area contributed by atoms with E-state index in [0.717, 1.165) is 94.3 Å². The van der Waals surface area contributed by atoms with Crippen LogP contribution in [0.1, 0.15) is 202 Å². The molecule has 59 heavy (non-hydrogen) atoms. The van der Waals surface area contributed by atoms with Crippen LogP contribution in [0.15, 0.2) is 21.0 Å². The Morgan fingerprint density at radius 2 is 1.07 bits per heavy atom. The lowest BCUT2D eigenvalue weighted by Gasteiger charge is -2.19. The van der Waals surface area contributed by atoms with Crippen molar-refractivity contribution in [2.45, 2.75) is 214 Å². The molecule has 0 saturated heterocycles. The first kappa shape index (κ1) is 52.7. The highest BCUT2D eigenvalue weighted by Crippen LogP contribution is 2.43. The van der Waals surface area contributed by atoms with E-state index in [1.807, 2.05) is 0 Å². The Morgan fingerprint density at radius 1 is 0.610 bits per heavy atom. The maximum absolute atomic E-state index is 12.7. The van der Waals surface area contributed by atoms with E-state index >= 15 is 0 Å². The molecule has 0 aromatic carbocycles. The van der Waals surface area contributed by atoms with Crippen LogP contribution in [0.4, 0.5) is 0 Å². The zero-order valence-electron chi connectivity index (χ0n) is 37.5. The van der Waals surface area contributed by atoms with Crippen molar-refractivity contribution in [2.24, 2.45) is 5.73 Å². The molecule has 0 radical (unpaired) electrons. The van der Waals surface area contributed by atoms with E-state index in [4.69, 9.17) is 33.1 Å². The van der Waals surface area contributed by atoms with Gasteiger partial charge < -0.3 is 28.9 Å². The Hall–Kier alpha value is -2.43. The molecule has 2 aromatic heterocycles. The van der Waals surface area contributed by atoms with Crippen LogP contribution < -0.4 is 5.73 Å². The Bertz CT molecular complexity index is 1420. The molecule has 2 aromatic rings. The summed E-state index contributed by atoms with van der Waals surface area (Å²) in [6.07, 6.45) is 27.9. The number of rotatable bonds is 39. The van der Waals surface area contributed by atoms with Gasteiger partial charge in [-0.15, -0.1) is 0 Å². The highest BCUT2D eigenvalue weighted by atomic mass is 31.2. The summed E-state index contributed by atoms with van der Waals surface area (Å²) in [4.78, 5) is 35.1. The van der Waals surface area contributed by atoms with Gasteiger partial charge in [-0.25, -0.2) is 4.57 Å². The normalized spacial score (nSPS) is 13.1. The second kappa shape index (κ2) is 33.2. The summed E-state index contributed by atoms with van der Waals surface area (Å²) < 4.78 is 45.0. The number of unbranched alkanes of at least 4 members (excludes halogenated alkanes) is 18. The van der Waals surface area contributed by atoms with E-state index in [1.165, 1.54) is 93.9 Å². The van der Waals surface area contributed by atoms with E-state index in [1.54, 1.807) is 0 Å². The predicted octanol–water partition coefficient (Wildman–Crippen LogP) is 12.3. The van der Waals surface area contributed by atoms with Crippen LogP contribution in [0, 0.1) is 13.8 Å². The molecular formula is C47H82NO10P. The molecule has 2 atom stereocenters. The number of esters is 2. The van der Waals surface area contributed by atoms with E-state index in [-0.39, 0.29) is 32.6 Å². The van der Waals surface area contributed by atoms with Crippen molar-refractivity contribution in [3.8, 4) is 0 Å². The smallest absolute Gasteiger partial charge is 0.466 e. The van der Waals surface area contributed by atoms with E-state index in [2.05, 4.69) is 39.8 Å². The summed E-state index contributed by atoms with van der Waals surface area (Å²) in [6, 6.07) is 4.40. The summed E-state index contributed by atoms with van der Waals surface area (Å²) in [6.45, 7) is 7.87. The Balaban J connectivity index is 1.54. The van der Waals surface area contributed by atoms with Gasteiger partial charge in [-0.05, 0) is 75.6 Å². The van der Waals surface area contributed by atoms with Gasteiger partial charge in [-0.1, -0.05) is 117 Å². The first-order chi connectivity index (χ1) is 28.6. The SMILES string of the molecule is CCCCCc1cc(C)c(CCCCCCCCCCCCC(=O)O[C@H](COC(=O)CCCCCCCCCCc2oc(CCC)cc2C)COP(=O)(O)OCCN)o1. The number of carbonyl (C=O) groups is 2. The number of hydrogen-bond donors (Lipinski definition) is 2. The molecule has 0 aliphatic rings. The maximum Gasteiger partial charge on any atom is 0.472 e. The first-order valence-corrected chi connectivity index (χ1v) is 24.9. The monoisotopic (exact) mass is 852 g/mol. The van der Waals surface area contributed by atoms with Gasteiger partial charge in [0.1, 0.15) is 29.6 Å². The van der Waals surface area contributed by atoms with Crippen molar-refractivity contribution in [1.29, 1.82) is 0 Å². The van der Waals surface area contributed by atoms with Gasteiger partial charge in [0.2, 0.25) is 0 Å². The van der Waals surface area contributed by atoms with Gasteiger partial charge in [-0.3, -0.25) is 18.6 Å². The zero-order valence-corrected chi connectivity index (χ0v) is 38.4. The number of ether oxygens (including phenoxy) is 2. The van der Waals surface area contributed by atoms with Crippen LogP contribution >= 0.6 is 7.82 Å². The Labute approximate surface area is 357 Å². The molecule has 2 heterocycles. The van der Waals surface area contributed by atoms with Gasteiger partial charge in [-0.2, -0.15) is 0 Å². The van der Waals surface area contributed by atoms with E-state index in [9.17, 15) is 19.0 Å². The molecular weight excluding hydrogens is 769 g/mol. The lowest BCUT2D eigenvalue weighted by atomic mass is 10.0. The summed E-state index contributed by atoms with van der Waals surface area (Å²) in [5.41, 5.74) is 7.93. The number of nitrogens with two attached hydrogens (primary N) is 1. The zero-order chi connectivity index (χ0) is 43.0. The summed E-state index contributed by atoms with van der Waals surface area (Å²) >= 11 is 0. The van der Waals surface area contributed by atoms with Gasteiger partial charge in [0.15, 0.2) is 6.10 Å². The molecule has 340 valence electrons. The minimum Gasteiger partial charge on any atom is -0.466 e. The molecule has 0 bridgehead atoms. The van der Waals surface area contributed by atoms with Crippen LogP contribution in [-0.2, 0) is 58.4 Å². The fourth-order valence-corrected chi connectivity index (χ4v) is 8.07. The fourth-order valence-electron chi connectivity index (χ4n) is 7.31. The van der Waals surface area contributed by atoms with E-state index in [0.29, 0.717) is 12.8 Å². The predicted molar refractivity (Wildman–Crippen MR) is 235 cm³/mol. The van der Waals surface area contributed by atoms with Crippen molar-refractivity contribution in [2.75, 3.05) is 26.4 Å². The third-order valence-corrected chi connectivity index (χ3v) is 11.7. The quantitative estimate of drug-likeness (QED) is 0.0374. The third kappa shape index (κ3) is 26.5. The number of aryl methyl sites for hydroxylation is 6. The number of furan rings is 2. The van der Waals surface area contributed by atoms with Crippen LogP contribution in [0.2, 0.25) is 0 Å². The van der Waals surface area contributed by atoms with Crippen LogP contribution in [0.25, 0.3) is 0 Å². The molecule has 1 unspecified atom stereocenters. The molecule has 12 heteroatoms. The van der Waals surface area contributed by atoms with Gasteiger partial charge in [0.05, 0.1) is 13.2 Å². The minimum absolute atomic E-state index is 0.0446. The fraction of sp³-hybridized carbons (Fsp3) is 0.787. The van der Waals surface area contributed by atoms with Crippen molar-refractivity contribution in [3.63, 3.8) is 0 Å². The average molecular weight is 852 g/mol. The summed E-state index contributed by atoms with van der Waals surface area (Å²) in [7, 11) is -4.40. The van der Waals surface area contributed by atoms with Crippen LogP contribution in [0.3, 0.4) is 0 Å². The largest absolute Gasteiger partial charge is 0.472 e. The number of phosphoric acid groups is 1. The van der Waals surface area contributed by atoms with Crippen molar-refractivity contribution < 1.29 is 46.4 Å². The molecule has 0 amide bonds. The number of hydrogen-bond acceptors (Lipinski definition) is 10. The highest BCUT2D eigenvalue weighted by Gasteiger charge is 2.26. The second-order valence-corrected chi connectivity index (χ2v) is 17.8. The molecule has 0 fully saturated rings. The van der Waals surface area contributed by atoms with Gasteiger partial charge in [0, 0.05) is 45.1 Å². The standard InChI is InChI=1S/C47H82NO10P/c1-5-7-22-28-42-36-40(4)45(57-42)30-24-18-14-10-8-9-11-17-21-26-32-47(50)58-43(38-55-59(51,52)54-34-33-48)37-53-46(49)31-25-20-16-13-12-15-19-23-29-44-39(3)35-41(56-44)27-6-2/h35-36,43H,5-34,37-38,48H2,1-4H3,(H,51,52)/t43-/m1/s1. The molecule has 0 spiro atoms. The maximum atomic E-state index is 12.7. The van der Waals surface area contributed by atoms with Crippen molar-refractivity contribution in [3.05, 3.63) is 46.3 Å². The van der Waals surface area contributed by atoms with Crippen LogP contribution in [-0.4, -0.2) is 49.3 Å². The molecule has 11 nitrogen and oxygen atoms in total. The van der Waals surface area contributed by atoms with Crippen molar-refractivity contribution >= 4 is 19.8 Å². The molecule has 3 N–H and O–H groups in total. The molecule has 0 aliphatic heterocycles. The highest BCUT2D eigenvalue weighted by molar-refractivity contribution is 7.47. The van der Waals surface area contributed by atoms with Gasteiger partial charge >= 0.3 is 19.8 Å². The van der Waals surface area contributed by atoms with Gasteiger partial charge in [0.25, 0.3) is 0 Å². The second-order valence-electron chi connectivity index (χ2n) is 16.4. The Kier molecular flexibility index (Phi) is 29.7. The topological polar surface area (TPSA) is 161 Å². The number of carbonyl (C=O) groups excluding carboxylic acids is 2. The Morgan fingerprint density at radius 3 is 1.56 bits per heavy atom. The third-order valence-electron chi connectivity index (χ3n) is 10.8. The lowest BCUT2D eigenvalue weighted by Crippen LogP contribution is -2.29. The van der Waals surface area contributed by atoms with Crippen LogP contribution in [0.5, 0.6) is 0 Å². The number of phosphoric ester groups is 1.